The summed E-state index contributed by atoms with van der Waals surface area (Å²) < 4.78 is 7.26. The van der Waals surface area contributed by atoms with E-state index in [2.05, 4.69) is 15.9 Å². The Hall–Kier alpha value is -1.75. The topological polar surface area (TPSA) is 57.2 Å². The van der Waals surface area contributed by atoms with Crippen LogP contribution >= 0.6 is 15.9 Å². The van der Waals surface area contributed by atoms with Crippen molar-refractivity contribution in [2.45, 2.75) is 6.54 Å². The molecule has 1 heterocycles. The third kappa shape index (κ3) is 2.56. The van der Waals surface area contributed by atoms with Crippen molar-refractivity contribution in [3.8, 4) is 5.75 Å². The van der Waals surface area contributed by atoms with Crippen molar-refractivity contribution in [1.82, 2.24) is 4.57 Å². The minimum absolute atomic E-state index is 0.0631. The molecule has 0 saturated carbocycles. The maximum Gasteiger partial charge on any atom is 0.265 e. The van der Waals surface area contributed by atoms with Crippen molar-refractivity contribution in [3.05, 3.63) is 56.9 Å². The van der Waals surface area contributed by atoms with Gasteiger partial charge in [0.15, 0.2) is 0 Å². The highest BCUT2D eigenvalue weighted by molar-refractivity contribution is 9.10. The number of rotatable bonds is 3. The number of halogens is 1. The van der Waals surface area contributed by atoms with Gasteiger partial charge in [-0.05, 0) is 45.8 Å². The Morgan fingerprint density at radius 2 is 2.17 bits per heavy atom. The van der Waals surface area contributed by atoms with Crippen LogP contribution in [0.3, 0.4) is 0 Å². The summed E-state index contributed by atoms with van der Waals surface area (Å²) >= 11 is 3.22. The average molecular weight is 309 g/mol. The lowest BCUT2D eigenvalue weighted by Crippen LogP contribution is -2.20. The van der Waals surface area contributed by atoms with E-state index in [0.29, 0.717) is 22.5 Å². The first-order valence-electron chi connectivity index (χ1n) is 5.39. The molecule has 0 aliphatic heterocycles. The number of hydrogen-bond acceptors (Lipinski definition) is 3. The molecule has 0 amide bonds. The molecular formula is C13H13BrN2O2. The summed E-state index contributed by atoms with van der Waals surface area (Å²) in [5.41, 5.74) is 7.29. The lowest BCUT2D eigenvalue weighted by Gasteiger charge is -2.09. The first kappa shape index (κ1) is 12.7. The molecule has 1 aromatic carbocycles. The van der Waals surface area contributed by atoms with Gasteiger partial charge in [-0.2, -0.15) is 0 Å². The van der Waals surface area contributed by atoms with Crippen molar-refractivity contribution < 1.29 is 4.74 Å². The van der Waals surface area contributed by atoms with E-state index in [4.69, 9.17) is 10.5 Å². The van der Waals surface area contributed by atoms with Gasteiger partial charge >= 0.3 is 0 Å². The van der Waals surface area contributed by atoms with Gasteiger partial charge in [-0.3, -0.25) is 4.79 Å². The van der Waals surface area contributed by atoms with E-state index in [1.54, 1.807) is 30.0 Å². The van der Waals surface area contributed by atoms with Gasteiger partial charge < -0.3 is 15.0 Å². The summed E-state index contributed by atoms with van der Waals surface area (Å²) in [4.78, 5) is 11.8. The zero-order valence-corrected chi connectivity index (χ0v) is 11.5. The van der Waals surface area contributed by atoms with Crippen molar-refractivity contribution in [2.24, 2.45) is 0 Å². The first-order valence-corrected chi connectivity index (χ1v) is 6.18. The zero-order valence-electron chi connectivity index (χ0n) is 9.89. The van der Waals surface area contributed by atoms with Crippen LogP contribution in [-0.2, 0) is 6.54 Å². The highest BCUT2D eigenvalue weighted by atomic mass is 79.9. The van der Waals surface area contributed by atoms with Crippen LogP contribution in [-0.4, -0.2) is 11.7 Å². The first-order chi connectivity index (χ1) is 8.61. The van der Waals surface area contributed by atoms with Crippen LogP contribution in [0.1, 0.15) is 5.56 Å². The summed E-state index contributed by atoms with van der Waals surface area (Å²) in [6, 6.07) is 9.04. The predicted octanol–water partition coefficient (Wildman–Crippen LogP) is 2.25. The molecular weight excluding hydrogens is 296 g/mol. The van der Waals surface area contributed by atoms with Crippen LogP contribution < -0.4 is 16.0 Å². The van der Waals surface area contributed by atoms with E-state index in [1.165, 1.54) is 0 Å². The molecule has 0 saturated heterocycles. The monoisotopic (exact) mass is 308 g/mol. The van der Waals surface area contributed by atoms with Gasteiger partial charge in [0.25, 0.3) is 5.56 Å². The minimum Gasteiger partial charge on any atom is -0.495 e. The molecule has 0 bridgehead atoms. The molecule has 0 spiro atoms. The van der Waals surface area contributed by atoms with Crippen LogP contribution in [0, 0.1) is 0 Å². The molecule has 18 heavy (non-hydrogen) atoms. The summed E-state index contributed by atoms with van der Waals surface area (Å²) in [6.45, 7) is 0.479. The van der Waals surface area contributed by atoms with E-state index in [0.717, 1.165) is 5.56 Å². The molecule has 5 heteroatoms. The van der Waals surface area contributed by atoms with Crippen LogP contribution in [0.4, 0.5) is 5.69 Å². The van der Waals surface area contributed by atoms with E-state index in [-0.39, 0.29) is 5.56 Å². The number of pyridine rings is 1. The predicted molar refractivity (Wildman–Crippen MR) is 74.9 cm³/mol. The molecule has 2 N–H and O–H groups in total. The third-order valence-electron chi connectivity index (χ3n) is 2.62. The fraction of sp³-hybridized carbons (Fsp3) is 0.154. The van der Waals surface area contributed by atoms with Crippen LogP contribution in [0.5, 0.6) is 5.75 Å². The number of ether oxygens (including phenoxy) is 1. The summed E-state index contributed by atoms with van der Waals surface area (Å²) in [5.74, 6) is 0.639. The highest BCUT2D eigenvalue weighted by Crippen LogP contribution is 2.22. The van der Waals surface area contributed by atoms with Crippen molar-refractivity contribution >= 4 is 21.6 Å². The Labute approximate surface area is 113 Å². The van der Waals surface area contributed by atoms with Gasteiger partial charge in [0.2, 0.25) is 0 Å². The summed E-state index contributed by atoms with van der Waals surface area (Å²) in [5, 5.41) is 0. The summed E-state index contributed by atoms with van der Waals surface area (Å²) in [7, 11) is 1.57. The number of nitrogen functional groups attached to an aromatic ring is 1. The van der Waals surface area contributed by atoms with Crippen LogP contribution in [0.25, 0.3) is 0 Å². The van der Waals surface area contributed by atoms with Crippen molar-refractivity contribution in [2.75, 3.05) is 12.8 Å². The van der Waals surface area contributed by atoms with Crippen LogP contribution in [0.2, 0.25) is 0 Å². The van der Waals surface area contributed by atoms with Crippen molar-refractivity contribution in [3.63, 3.8) is 0 Å². The third-order valence-corrected chi connectivity index (χ3v) is 3.22. The Bertz CT molecular complexity index is 623. The molecule has 0 aliphatic rings. The maximum absolute atomic E-state index is 11.8. The second-order valence-electron chi connectivity index (χ2n) is 3.87. The van der Waals surface area contributed by atoms with Gasteiger partial charge in [-0.1, -0.05) is 6.07 Å². The average Bonchev–Trinajstić information content (AvgIpc) is 2.35. The fourth-order valence-electron chi connectivity index (χ4n) is 1.71. The molecule has 94 valence electrons. The number of aromatic nitrogens is 1. The van der Waals surface area contributed by atoms with E-state index in [1.807, 2.05) is 18.2 Å². The Kier molecular flexibility index (Phi) is 3.72. The molecule has 1 aromatic heterocycles. The normalized spacial score (nSPS) is 10.3. The van der Waals surface area contributed by atoms with E-state index < -0.39 is 0 Å². The lowest BCUT2D eigenvalue weighted by atomic mass is 10.2. The largest absolute Gasteiger partial charge is 0.495 e. The van der Waals surface area contributed by atoms with Gasteiger partial charge in [-0.15, -0.1) is 0 Å². The number of hydrogen-bond donors (Lipinski definition) is 1. The fourth-order valence-corrected chi connectivity index (χ4v) is 2.09. The SMILES string of the molecule is COc1ccc(Cn2cccc(Br)c2=O)cc1N. The maximum atomic E-state index is 11.8. The zero-order chi connectivity index (χ0) is 13.1. The summed E-state index contributed by atoms with van der Waals surface area (Å²) in [6.07, 6.45) is 1.74. The molecule has 0 unspecified atom stereocenters. The van der Waals surface area contributed by atoms with Crippen LogP contribution in [0.15, 0.2) is 45.8 Å². The number of nitrogens with zero attached hydrogens (tertiary/aromatic N) is 1. The molecule has 0 fully saturated rings. The van der Waals surface area contributed by atoms with Gasteiger partial charge in [-0.25, -0.2) is 0 Å². The number of benzene rings is 1. The molecule has 2 aromatic rings. The number of anilines is 1. The van der Waals surface area contributed by atoms with Gasteiger partial charge in [0.1, 0.15) is 5.75 Å². The second-order valence-corrected chi connectivity index (χ2v) is 4.72. The molecule has 0 radical (unpaired) electrons. The smallest absolute Gasteiger partial charge is 0.265 e. The Morgan fingerprint density at radius 3 is 2.83 bits per heavy atom. The Morgan fingerprint density at radius 1 is 1.39 bits per heavy atom. The van der Waals surface area contributed by atoms with E-state index >= 15 is 0 Å². The Balaban J connectivity index is 2.32. The van der Waals surface area contributed by atoms with E-state index in [9.17, 15) is 4.79 Å². The molecule has 0 atom stereocenters. The number of methoxy groups -OCH3 is 1. The second kappa shape index (κ2) is 5.27. The minimum atomic E-state index is -0.0631. The standard InChI is InChI=1S/C13H13BrN2O2/c1-18-12-5-4-9(7-11(12)15)8-16-6-2-3-10(14)13(16)17/h2-7H,8,15H2,1H3. The quantitative estimate of drug-likeness (QED) is 0.885. The number of nitrogens with two attached hydrogens (primary N) is 1. The highest BCUT2D eigenvalue weighted by Gasteiger charge is 2.04. The lowest BCUT2D eigenvalue weighted by molar-refractivity contribution is 0.417. The molecule has 0 aliphatic carbocycles. The molecule has 4 nitrogen and oxygen atoms in total. The van der Waals surface area contributed by atoms with Gasteiger partial charge in [0.05, 0.1) is 23.8 Å². The van der Waals surface area contributed by atoms with Gasteiger partial charge in [0, 0.05) is 6.20 Å². The molecule has 2 rings (SSSR count). The van der Waals surface area contributed by atoms with Crippen molar-refractivity contribution in [1.29, 1.82) is 0 Å².